The average Bonchev–Trinajstić information content (AvgIpc) is 2.94. The van der Waals surface area contributed by atoms with Crippen molar-refractivity contribution < 1.29 is 18.0 Å². The summed E-state index contributed by atoms with van der Waals surface area (Å²) in [6.45, 7) is 2.01. The average molecular weight is 552 g/mol. The van der Waals surface area contributed by atoms with Crippen LogP contribution in [-0.4, -0.2) is 39.1 Å². The summed E-state index contributed by atoms with van der Waals surface area (Å²) < 4.78 is 27.9. The van der Waals surface area contributed by atoms with Gasteiger partial charge in [0.25, 0.3) is 21.8 Å². The lowest BCUT2D eigenvalue weighted by atomic mass is 9.95. The Hall–Kier alpha value is -3.30. The summed E-state index contributed by atoms with van der Waals surface area (Å²) in [6, 6.07) is 20.3. The Morgan fingerprint density at radius 1 is 0.895 bits per heavy atom. The van der Waals surface area contributed by atoms with Crippen LogP contribution in [0.5, 0.6) is 0 Å². The lowest BCUT2D eigenvalue weighted by Gasteiger charge is -2.23. The minimum absolute atomic E-state index is 0.161. The van der Waals surface area contributed by atoms with Crippen molar-refractivity contribution in [1.29, 1.82) is 0 Å². The number of nitrogens with one attached hydrogen (secondary N) is 2. The maximum Gasteiger partial charge on any atom is 0.264 e. The number of benzene rings is 3. The summed E-state index contributed by atoms with van der Waals surface area (Å²) in [5.74, 6) is -0.578. The van der Waals surface area contributed by atoms with Gasteiger partial charge in [0, 0.05) is 23.0 Å². The number of thioether (sulfide) groups is 1. The molecule has 7 nitrogen and oxygen atoms in total. The van der Waals surface area contributed by atoms with E-state index < -0.39 is 10.0 Å². The maximum absolute atomic E-state index is 13.3. The molecule has 0 heterocycles. The highest BCUT2D eigenvalue weighted by Gasteiger charge is 2.24. The van der Waals surface area contributed by atoms with Crippen molar-refractivity contribution in [2.75, 3.05) is 22.4 Å². The van der Waals surface area contributed by atoms with Gasteiger partial charge in [0.2, 0.25) is 0 Å². The summed E-state index contributed by atoms with van der Waals surface area (Å²) in [5.41, 5.74) is 1.67. The Kier molecular flexibility index (Phi) is 9.12. The van der Waals surface area contributed by atoms with Gasteiger partial charge in [-0.15, -0.1) is 11.8 Å². The second-order valence-corrected chi connectivity index (χ2v) is 11.9. The highest BCUT2D eigenvalue weighted by atomic mass is 32.2. The number of anilines is 2. The first-order valence-electron chi connectivity index (χ1n) is 12.8. The fraction of sp³-hybridized carbons (Fsp3) is 0.310. The van der Waals surface area contributed by atoms with Gasteiger partial charge in [0.15, 0.2) is 0 Å². The normalized spacial score (nSPS) is 14.1. The third kappa shape index (κ3) is 6.39. The van der Waals surface area contributed by atoms with Crippen molar-refractivity contribution in [2.24, 2.45) is 0 Å². The van der Waals surface area contributed by atoms with Crippen LogP contribution in [0.3, 0.4) is 0 Å². The number of carbonyl (C=O) groups is 2. The molecule has 0 aromatic heterocycles. The van der Waals surface area contributed by atoms with E-state index in [1.54, 1.807) is 91.5 Å². The van der Waals surface area contributed by atoms with Gasteiger partial charge in [-0.05, 0) is 86.7 Å². The second-order valence-electron chi connectivity index (χ2n) is 9.20. The van der Waals surface area contributed by atoms with E-state index in [1.165, 1.54) is 10.7 Å². The molecule has 3 aromatic rings. The quantitative estimate of drug-likeness (QED) is 0.321. The Morgan fingerprint density at radius 3 is 2.18 bits per heavy atom. The van der Waals surface area contributed by atoms with Crippen molar-refractivity contribution in [3.05, 3.63) is 83.9 Å². The fourth-order valence-electron chi connectivity index (χ4n) is 4.64. The number of hydrogen-bond donors (Lipinski definition) is 2. The molecule has 0 aliphatic heterocycles. The van der Waals surface area contributed by atoms with Crippen LogP contribution in [0.2, 0.25) is 0 Å². The number of rotatable bonds is 9. The zero-order chi connectivity index (χ0) is 27.1. The van der Waals surface area contributed by atoms with Crippen molar-refractivity contribution in [3.8, 4) is 0 Å². The molecule has 0 radical (unpaired) electrons. The summed E-state index contributed by atoms with van der Waals surface area (Å²) in [5, 5.41) is 5.94. The Morgan fingerprint density at radius 2 is 1.55 bits per heavy atom. The van der Waals surface area contributed by atoms with Crippen molar-refractivity contribution in [1.82, 2.24) is 5.32 Å². The smallest absolute Gasteiger partial charge is 0.264 e. The summed E-state index contributed by atoms with van der Waals surface area (Å²) >= 11 is 1.54. The van der Waals surface area contributed by atoms with Crippen molar-refractivity contribution in [3.63, 3.8) is 0 Å². The van der Waals surface area contributed by atoms with E-state index in [1.807, 2.05) is 6.26 Å². The number of hydrogen-bond acceptors (Lipinski definition) is 5. The highest BCUT2D eigenvalue weighted by Crippen LogP contribution is 2.26. The van der Waals surface area contributed by atoms with Gasteiger partial charge in [-0.2, -0.15) is 0 Å². The Balaban J connectivity index is 1.48. The van der Waals surface area contributed by atoms with Crippen LogP contribution in [-0.2, 0) is 10.0 Å². The van der Waals surface area contributed by atoms with Crippen LogP contribution in [0.25, 0.3) is 0 Å². The van der Waals surface area contributed by atoms with Gasteiger partial charge < -0.3 is 10.6 Å². The molecule has 9 heteroatoms. The van der Waals surface area contributed by atoms with Gasteiger partial charge in [-0.3, -0.25) is 13.9 Å². The molecule has 4 rings (SSSR count). The van der Waals surface area contributed by atoms with Crippen molar-refractivity contribution >= 4 is 45.0 Å². The van der Waals surface area contributed by atoms with Crippen LogP contribution < -0.4 is 14.9 Å². The van der Waals surface area contributed by atoms with E-state index >= 15 is 0 Å². The molecule has 3 aromatic carbocycles. The largest absolute Gasteiger partial charge is 0.349 e. The molecule has 2 amide bonds. The number of carbonyl (C=O) groups excluding carboxylic acids is 2. The maximum atomic E-state index is 13.3. The number of para-hydroxylation sites is 1. The predicted octanol–water partition coefficient (Wildman–Crippen LogP) is 5.94. The minimum atomic E-state index is -3.76. The Bertz CT molecular complexity index is 1370. The van der Waals surface area contributed by atoms with Crippen LogP contribution in [0, 0.1) is 0 Å². The molecule has 0 spiro atoms. The third-order valence-corrected chi connectivity index (χ3v) is 9.37. The molecule has 1 aliphatic carbocycles. The molecule has 1 aliphatic rings. The first-order chi connectivity index (χ1) is 18.3. The van der Waals surface area contributed by atoms with Gasteiger partial charge in [0.05, 0.1) is 21.8 Å². The molecule has 0 unspecified atom stereocenters. The number of nitrogens with zero attached hydrogens (tertiary/aromatic N) is 1. The number of sulfonamides is 1. The molecular formula is C29H33N3O4S2. The van der Waals surface area contributed by atoms with Crippen LogP contribution in [0.15, 0.2) is 82.6 Å². The molecule has 1 saturated carbocycles. The van der Waals surface area contributed by atoms with E-state index in [9.17, 15) is 18.0 Å². The van der Waals surface area contributed by atoms with Gasteiger partial charge in [-0.25, -0.2) is 8.42 Å². The molecular weight excluding hydrogens is 518 g/mol. The third-order valence-electron chi connectivity index (χ3n) is 6.71. The Labute approximate surface area is 229 Å². The van der Waals surface area contributed by atoms with Crippen molar-refractivity contribution in [2.45, 2.75) is 54.9 Å². The lowest BCUT2D eigenvalue weighted by Crippen LogP contribution is -2.36. The van der Waals surface area contributed by atoms with E-state index in [0.29, 0.717) is 22.5 Å². The van der Waals surface area contributed by atoms with Crippen LogP contribution in [0.4, 0.5) is 11.4 Å². The molecule has 200 valence electrons. The van der Waals surface area contributed by atoms with Gasteiger partial charge in [-0.1, -0.05) is 31.4 Å². The summed E-state index contributed by atoms with van der Waals surface area (Å²) in [7, 11) is -3.76. The van der Waals surface area contributed by atoms with E-state index in [4.69, 9.17) is 0 Å². The van der Waals surface area contributed by atoms with E-state index in [-0.39, 0.29) is 29.3 Å². The summed E-state index contributed by atoms with van der Waals surface area (Å²) in [6.07, 6.45) is 7.30. The highest BCUT2D eigenvalue weighted by molar-refractivity contribution is 7.98. The fourth-order valence-corrected chi connectivity index (χ4v) is 6.52. The monoisotopic (exact) mass is 551 g/mol. The first kappa shape index (κ1) is 27.7. The zero-order valence-electron chi connectivity index (χ0n) is 21.6. The van der Waals surface area contributed by atoms with Gasteiger partial charge in [0.1, 0.15) is 0 Å². The first-order valence-corrected chi connectivity index (χ1v) is 15.5. The van der Waals surface area contributed by atoms with Gasteiger partial charge >= 0.3 is 0 Å². The standard InChI is InChI=1S/C29H33N3O4S2/c1-3-32(38(35,36)25-19-17-24(37-2)18-20-25)23-15-13-21(14-16-23)28(33)31-27-12-8-7-11-26(27)29(34)30-22-9-5-4-6-10-22/h7-8,11-20,22H,3-6,9-10H2,1-2H3,(H,30,34)(H,31,33). The van der Waals surface area contributed by atoms with E-state index in [0.717, 1.165) is 30.6 Å². The number of amides is 2. The topological polar surface area (TPSA) is 95.6 Å². The van der Waals surface area contributed by atoms with Crippen LogP contribution >= 0.6 is 11.8 Å². The van der Waals surface area contributed by atoms with Crippen LogP contribution in [0.1, 0.15) is 59.7 Å². The zero-order valence-corrected chi connectivity index (χ0v) is 23.3. The summed E-state index contributed by atoms with van der Waals surface area (Å²) in [4.78, 5) is 27.1. The molecule has 0 atom stereocenters. The predicted molar refractivity (Wildman–Crippen MR) is 154 cm³/mol. The lowest BCUT2D eigenvalue weighted by molar-refractivity contribution is 0.0928. The molecule has 1 fully saturated rings. The van der Waals surface area contributed by atoms with E-state index in [2.05, 4.69) is 10.6 Å². The second kappa shape index (κ2) is 12.5. The minimum Gasteiger partial charge on any atom is -0.349 e. The SMILES string of the molecule is CCN(c1ccc(C(=O)Nc2ccccc2C(=O)NC2CCCCC2)cc1)S(=O)(=O)c1ccc(SC)cc1. The molecule has 2 N–H and O–H groups in total. The molecule has 0 bridgehead atoms. The molecule has 38 heavy (non-hydrogen) atoms. The molecule has 0 saturated heterocycles.